The lowest BCUT2D eigenvalue weighted by atomic mass is 10.2. The molecule has 0 amide bonds. The molecule has 0 aliphatic carbocycles. The van der Waals surface area contributed by atoms with E-state index in [0.29, 0.717) is 31.7 Å². The van der Waals surface area contributed by atoms with Crippen LogP contribution >= 0.6 is 11.6 Å². The molecule has 0 saturated carbocycles. The number of sulfonamides is 1. The Balaban J connectivity index is 2.38. The summed E-state index contributed by atoms with van der Waals surface area (Å²) in [5.74, 6) is 0. The van der Waals surface area contributed by atoms with Crippen LogP contribution in [0.1, 0.15) is 18.9 Å². The van der Waals surface area contributed by atoms with E-state index >= 15 is 0 Å². The topological polar surface area (TPSA) is 66.8 Å². The zero-order valence-electron chi connectivity index (χ0n) is 11.3. The monoisotopic (exact) mass is 319 g/mol. The third kappa shape index (κ3) is 3.32. The van der Waals surface area contributed by atoms with Gasteiger partial charge >= 0.3 is 0 Å². The lowest BCUT2D eigenvalue weighted by Gasteiger charge is -2.22. The van der Waals surface area contributed by atoms with Gasteiger partial charge in [-0.25, -0.2) is 8.42 Å². The van der Waals surface area contributed by atoms with Crippen molar-refractivity contribution in [3.63, 3.8) is 0 Å². The first-order valence-corrected chi connectivity index (χ1v) is 8.28. The highest BCUT2D eigenvalue weighted by atomic mass is 35.5. The molecule has 0 bridgehead atoms. The molecule has 1 aliphatic rings. The van der Waals surface area contributed by atoms with Crippen LogP contribution in [0.3, 0.4) is 0 Å². The van der Waals surface area contributed by atoms with Gasteiger partial charge < -0.3 is 9.84 Å². The van der Waals surface area contributed by atoms with Crippen LogP contribution in [0.2, 0.25) is 5.02 Å². The van der Waals surface area contributed by atoms with Gasteiger partial charge in [0.2, 0.25) is 10.0 Å². The molecule has 2 rings (SSSR count). The highest BCUT2D eigenvalue weighted by Gasteiger charge is 2.29. The average Bonchev–Trinajstić information content (AvgIpc) is 2.64. The van der Waals surface area contributed by atoms with E-state index in [-0.39, 0.29) is 22.6 Å². The molecule has 0 spiro atoms. The zero-order chi connectivity index (χ0) is 14.8. The van der Waals surface area contributed by atoms with Crippen LogP contribution in [-0.4, -0.2) is 43.6 Å². The van der Waals surface area contributed by atoms with Crippen LogP contribution in [0, 0.1) is 0 Å². The number of hydrogen-bond donors (Lipinski definition) is 1. The first-order valence-electron chi connectivity index (χ1n) is 6.46. The zero-order valence-corrected chi connectivity index (χ0v) is 12.8. The molecule has 1 N–H and O–H groups in total. The van der Waals surface area contributed by atoms with Gasteiger partial charge in [-0.1, -0.05) is 17.7 Å². The van der Waals surface area contributed by atoms with Gasteiger partial charge in [0.15, 0.2) is 0 Å². The van der Waals surface area contributed by atoms with Gasteiger partial charge in [-0.3, -0.25) is 0 Å². The SMILES string of the molecule is CC1CN(S(=O)(=O)c2cc(CO)ccc2Cl)CCCO1. The molecular weight excluding hydrogens is 302 g/mol. The number of aliphatic hydroxyl groups is 1. The maximum absolute atomic E-state index is 12.7. The third-order valence-corrected chi connectivity index (χ3v) is 5.56. The van der Waals surface area contributed by atoms with Crippen molar-refractivity contribution < 1.29 is 18.3 Å². The average molecular weight is 320 g/mol. The number of ether oxygens (including phenoxy) is 1. The van der Waals surface area contributed by atoms with Gasteiger partial charge in [0.25, 0.3) is 0 Å². The molecule has 1 aliphatic heterocycles. The third-order valence-electron chi connectivity index (χ3n) is 3.21. The molecule has 0 aromatic heterocycles. The highest BCUT2D eigenvalue weighted by Crippen LogP contribution is 2.27. The number of aliphatic hydroxyl groups excluding tert-OH is 1. The van der Waals surface area contributed by atoms with E-state index in [1.807, 2.05) is 6.92 Å². The molecule has 20 heavy (non-hydrogen) atoms. The number of nitrogens with zero attached hydrogens (tertiary/aromatic N) is 1. The summed E-state index contributed by atoms with van der Waals surface area (Å²) >= 11 is 6.02. The van der Waals surface area contributed by atoms with Crippen molar-refractivity contribution >= 4 is 21.6 Å². The lowest BCUT2D eigenvalue weighted by Crippen LogP contribution is -2.36. The Bertz CT molecular complexity index is 576. The second kappa shape index (κ2) is 6.41. The number of benzene rings is 1. The van der Waals surface area contributed by atoms with E-state index in [1.54, 1.807) is 6.07 Å². The van der Waals surface area contributed by atoms with Gasteiger partial charge in [-0.05, 0) is 31.0 Å². The minimum absolute atomic E-state index is 0.0415. The Hall–Kier alpha value is -0.660. The summed E-state index contributed by atoms with van der Waals surface area (Å²) in [6, 6.07) is 4.53. The van der Waals surface area contributed by atoms with E-state index in [0.717, 1.165) is 0 Å². The molecular formula is C13H18ClNO4S. The van der Waals surface area contributed by atoms with Crippen LogP contribution in [0.15, 0.2) is 23.1 Å². The van der Waals surface area contributed by atoms with Gasteiger partial charge in [-0.2, -0.15) is 4.31 Å². The van der Waals surface area contributed by atoms with E-state index in [2.05, 4.69) is 0 Å². The Labute approximate surface area is 124 Å². The molecule has 0 radical (unpaired) electrons. The molecule has 1 heterocycles. The lowest BCUT2D eigenvalue weighted by molar-refractivity contribution is 0.0752. The van der Waals surface area contributed by atoms with Gasteiger partial charge in [0.05, 0.1) is 17.7 Å². The van der Waals surface area contributed by atoms with E-state index in [9.17, 15) is 8.42 Å². The second-order valence-electron chi connectivity index (χ2n) is 4.82. The van der Waals surface area contributed by atoms with Gasteiger partial charge in [0, 0.05) is 19.7 Å². The van der Waals surface area contributed by atoms with Crippen molar-refractivity contribution in [3.05, 3.63) is 28.8 Å². The van der Waals surface area contributed by atoms with Crippen LogP contribution in [0.25, 0.3) is 0 Å². The quantitative estimate of drug-likeness (QED) is 0.919. The molecule has 1 aromatic rings. The minimum atomic E-state index is -3.67. The summed E-state index contributed by atoms with van der Waals surface area (Å²) in [6.45, 7) is 2.89. The molecule has 1 aromatic carbocycles. The molecule has 112 valence electrons. The number of rotatable bonds is 3. The van der Waals surface area contributed by atoms with E-state index in [1.165, 1.54) is 16.4 Å². The molecule has 1 saturated heterocycles. The largest absolute Gasteiger partial charge is 0.392 e. The van der Waals surface area contributed by atoms with Crippen molar-refractivity contribution in [2.75, 3.05) is 19.7 Å². The predicted molar refractivity (Wildman–Crippen MR) is 76.2 cm³/mol. The second-order valence-corrected chi connectivity index (χ2v) is 7.13. The highest BCUT2D eigenvalue weighted by molar-refractivity contribution is 7.89. The summed E-state index contributed by atoms with van der Waals surface area (Å²) in [4.78, 5) is 0.0415. The first-order chi connectivity index (χ1) is 9.45. The standard InChI is InChI=1S/C13H18ClNO4S/c1-10-8-15(5-2-6-19-10)20(17,18)13-7-11(9-16)3-4-12(13)14/h3-4,7,10,16H,2,5-6,8-9H2,1H3. The minimum Gasteiger partial charge on any atom is -0.392 e. The van der Waals surface area contributed by atoms with Crippen LogP contribution in [0.4, 0.5) is 0 Å². The smallest absolute Gasteiger partial charge is 0.244 e. The number of halogens is 1. The summed E-state index contributed by atoms with van der Waals surface area (Å²) < 4.78 is 32.2. The molecule has 5 nitrogen and oxygen atoms in total. The Kier molecular flexibility index (Phi) is 5.04. The van der Waals surface area contributed by atoms with E-state index in [4.69, 9.17) is 21.4 Å². The van der Waals surface area contributed by atoms with Gasteiger partial charge in [-0.15, -0.1) is 0 Å². The normalized spacial score (nSPS) is 21.6. The van der Waals surface area contributed by atoms with Gasteiger partial charge in [0.1, 0.15) is 4.90 Å². The van der Waals surface area contributed by atoms with Crippen molar-refractivity contribution in [2.45, 2.75) is 31.0 Å². The summed E-state index contributed by atoms with van der Waals surface area (Å²) in [7, 11) is -3.67. The summed E-state index contributed by atoms with van der Waals surface area (Å²) in [5, 5.41) is 9.31. The van der Waals surface area contributed by atoms with Crippen LogP contribution in [-0.2, 0) is 21.4 Å². The van der Waals surface area contributed by atoms with Crippen LogP contribution in [0.5, 0.6) is 0 Å². The fourth-order valence-electron chi connectivity index (χ4n) is 2.16. The van der Waals surface area contributed by atoms with Crippen molar-refractivity contribution in [1.29, 1.82) is 0 Å². The maximum Gasteiger partial charge on any atom is 0.244 e. The first kappa shape index (κ1) is 15.7. The van der Waals surface area contributed by atoms with Crippen LogP contribution < -0.4 is 0 Å². The fraction of sp³-hybridized carbons (Fsp3) is 0.538. The van der Waals surface area contributed by atoms with Crippen molar-refractivity contribution in [3.8, 4) is 0 Å². The number of hydrogen-bond acceptors (Lipinski definition) is 4. The predicted octanol–water partition coefficient (Wildman–Crippen LogP) is 1.63. The fourth-order valence-corrected chi connectivity index (χ4v) is 4.24. The summed E-state index contributed by atoms with van der Waals surface area (Å²) in [6.07, 6.45) is 0.507. The molecule has 7 heteroatoms. The molecule has 1 fully saturated rings. The Morgan fingerprint density at radius 3 is 2.95 bits per heavy atom. The van der Waals surface area contributed by atoms with Crippen molar-refractivity contribution in [1.82, 2.24) is 4.31 Å². The molecule has 1 unspecified atom stereocenters. The van der Waals surface area contributed by atoms with Crippen molar-refractivity contribution in [2.24, 2.45) is 0 Å². The Morgan fingerprint density at radius 1 is 1.50 bits per heavy atom. The van der Waals surface area contributed by atoms with E-state index < -0.39 is 10.0 Å². The Morgan fingerprint density at radius 2 is 2.25 bits per heavy atom. The summed E-state index contributed by atoms with van der Waals surface area (Å²) in [5.41, 5.74) is 0.520. The maximum atomic E-state index is 12.7. The molecule has 1 atom stereocenters.